The molecular formula is C11H15F3N2OS. The number of hydrogen-bond acceptors (Lipinski definition) is 3. The highest BCUT2D eigenvalue weighted by molar-refractivity contribution is 7.99. The fraction of sp³-hybridized carbons (Fsp3) is 0.727. The van der Waals surface area contributed by atoms with E-state index in [9.17, 15) is 18.0 Å². The number of nitrogens with zero attached hydrogens (tertiary/aromatic N) is 1. The Morgan fingerprint density at radius 3 is 2.78 bits per heavy atom. The molecule has 2 rings (SSSR count). The fourth-order valence-corrected chi connectivity index (χ4v) is 3.00. The molecule has 2 aliphatic heterocycles. The van der Waals surface area contributed by atoms with Gasteiger partial charge in [-0.25, -0.2) is 0 Å². The van der Waals surface area contributed by atoms with Crippen LogP contribution in [-0.2, 0) is 4.79 Å². The van der Waals surface area contributed by atoms with Gasteiger partial charge in [-0.3, -0.25) is 4.79 Å². The standard InChI is InChI=1S/C11H15F3N2OS/c12-11(13,14)8-1-4-16(5-2-8)10(17)9-7-18-6-3-15-9/h1,9,15H,2-7H2. The van der Waals surface area contributed by atoms with Gasteiger partial charge in [0.05, 0.1) is 6.04 Å². The predicted octanol–water partition coefficient (Wildman–Crippen LogP) is 1.41. The molecule has 1 fully saturated rings. The molecule has 0 radical (unpaired) electrons. The van der Waals surface area contributed by atoms with Crippen molar-refractivity contribution in [2.24, 2.45) is 0 Å². The molecule has 2 heterocycles. The van der Waals surface area contributed by atoms with Crippen LogP contribution in [0.15, 0.2) is 11.6 Å². The summed E-state index contributed by atoms with van der Waals surface area (Å²) in [7, 11) is 0. The number of alkyl halides is 3. The van der Waals surface area contributed by atoms with Gasteiger partial charge in [0, 0.05) is 36.7 Å². The lowest BCUT2D eigenvalue weighted by Crippen LogP contribution is -2.51. The lowest BCUT2D eigenvalue weighted by molar-refractivity contribution is -0.133. The van der Waals surface area contributed by atoms with E-state index in [1.165, 1.54) is 4.90 Å². The van der Waals surface area contributed by atoms with Gasteiger partial charge in [0.2, 0.25) is 5.91 Å². The number of carbonyl (C=O) groups excluding carboxylic acids is 1. The van der Waals surface area contributed by atoms with E-state index in [1.54, 1.807) is 11.8 Å². The van der Waals surface area contributed by atoms with Gasteiger partial charge >= 0.3 is 6.18 Å². The van der Waals surface area contributed by atoms with Crippen molar-refractivity contribution in [1.29, 1.82) is 0 Å². The van der Waals surface area contributed by atoms with E-state index in [2.05, 4.69) is 5.32 Å². The molecule has 0 aromatic rings. The Balaban J connectivity index is 1.92. The van der Waals surface area contributed by atoms with E-state index < -0.39 is 11.7 Å². The summed E-state index contributed by atoms with van der Waals surface area (Å²) in [6.45, 7) is 1.00. The van der Waals surface area contributed by atoms with Crippen LogP contribution in [0.5, 0.6) is 0 Å². The van der Waals surface area contributed by atoms with Crippen molar-refractivity contribution in [3.8, 4) is 0 Å². The Kier molecular flexibility index (Phi) is 4.21. The molecule has 0 saturated carbocycles. The zero-order chi connectivity index (χ0) is 13.2. The van der Waals surface area contributed by atoms with Crippen LogP contribution >= 0.6 is 11.8 Å². The van der Waals surface area contributed by atoms with Gasteiger partial charge < -0.3 is 10.2 Å². The fourth-order valence-electron chi connectivity index (χ4n) is 2.07. The number of rotatable bonds is 1. The zero-order valence-corrected chi connectivity index (χ0v) is 10.6. The minimum Gasteiger partial charge on any atom is -0.337 e. The van der Waals surface area contributed by atoms with Crippen molar-refractivity contribution in [2.45, 2.75) is 18.6 Å². The molecule has 0 aliphatic carbocycles. The first-order chi connectivity index (χ1) is 8.48. The van der Waals surface area contributed by atoms with Gasteiger partial charge in [0.1, 0.15) is 0 Å². The highest BCUT2D eigenvalue weighted by Gasteiger charge is 2.36. The number of nitrogens with one attached hydrogen (secondary N) is 1. The first-order valence-electron chi connectivity index (χ1n) is 5.84. The van der Waals surface area contributed by atoms with Crippen molar-refractivity contribution in [2.75, 3.05) is 31.1 Å². The SMILES string of the molecule is O=C(C1CSCCN1)N1CC=C(C(F)(F)F)CC1. The highest BCUT2D eigenvalue weighted by atomic mass is 32.2. The molecule has 1 N–H and O–H groups in total. The van der Waals surface area contributed by atoms with Gasteiger partial charge in [-0.05, 0) is 6.42 Å². The van der Waals surface area contributed by atoms with Crippen molar-refractivity contribution in [3.63, 3.8) is 0 Å². The Morgan fingerprint density at radius 2 is 2.28 bits per heavy atom. The second-order valence-electron chi connectivity index (χ2n) is 4.34. The molecule has 0 aromatic heterocycles. The molecule has 0 spiro atoms. The number of halogens is 3. The first kappa shape index (κ1) is 13.7. The zero-order valence-electron chi connectivity index (χ0n) is 9.79. The largest absolute Gasteiger partial charge is 0.412 e. The topological polar surface area (TPSA) is 32.3 Å². The van der Waals surface area contributed by atoms with E-state index in [-0.39, 0.29) is 31.5 Å². The average molecular weight is 280 g/mol. The molecule has 1 atom stereocenters. The third kappa shape index (κ3) is 3.20. The van der Waals surface area contributed by atoms with E-state index in [1.807, 2.05) is 0 Å². The first-order valence-corrected chi connectivity index (χ1v) is 7.00. The minimum absolute atomic E-state index is 0.0660. The lowest BCUT2D eigenvalue weighted by atomic mass is 10.1. The minimum atomic E-state index is -4.26. The molecule has 3 nitrogen and oxygen atoms in total. The van der Waals surface area contributed by atoms with Crippen LogP contribution in [0.1, 0.15) is 6.42 Å². The van der Waals surface area contributed by atoms with Crippen molar-refractivity contribution < 1.29 is 18.0 Å². The number of thioether (sulfide) groups is 1. The summed E-state index contributed by atoms with van der Waals surface area (Å²) in [4.78, 5) is 13.5. The van der Waals surface area contributed by atoms with Gasteiger partial charge in [-0.1, -0.05) is 6.08 Å². The van der Waals surface area contributed by atoms with Crippen LogP contribution in [0.3, 0.4) is 0 Å². The summed E-state index contributed by atoms with van der Waals surface area (Å²) >= 11 is 1.69. The lowest BCUT2D eigenvalue weighted by Gasteiger charge is -2.32. The van der Waals surface area contributed by atoms with Crippen LogP contribution in [-0.4, -0.2) is 54.2 Å². The van der Waals surface area contributed by atoms with E-state index in [4.69, 9.17) is 0 Å². The van der Waals surface area contributed by atoms with E-state index >= 15 is 0 Å². The maximum atomic E-state index is 12.4. The predicted molar refractivity (Wildman–Crippen MR) is 64.5 cm³/mol. The Hall–Kier alpha value is -0.690. The maximum Gasteiger partial charge on any atom is 0.412 e. The average Bonchev–Trinajstić information content (AvgIpc) is 2.38. The summed E-state index contributed by atoms with van der Waals surface area (Å²) in [5, 5.41) is 3.10. The summed E-state index contributed by atoms with van der Waals surface area (Å²) in [6.07, 6.45) is -3.24. The van der Waals surface area contributed by atoms with Gasteiger partial charge in [-0.15, -0.1) is 0 Å². The van der Waals surface area contributed by atoms with Crippen LogP contribution < -0.4 is 5.32 Å². The monoisotopic (exact) mass is 280 g/mol. The second-order valence-corrected chi connectivity index (χ2v) is 5.49. The van der Waals surface area contributed by atoms with Gasteiger partial charge in [0.15, 0.2) is 0 Å². The molecule has 102 valence electrons. The van der Waals surface area contributed by atoms with Crippen LogP contribution in [0.4, 0.5) is 13.2 Å². The van der Waals surface area contributed by atoms with Crippen LogP contribution in [0.2, 0.25) is 0 Å². The number of hydrogen-bond donors (Lipinski definition) is 1. The van der Waals surface area contributed by atoms with Crippen molar-refractivity contribution in [3.05, 3.63) is 11.6 Å². The van der Waals surface area contributed by atoms with Gasteiger partial charge in [-0.2, -0.15) is 24.9 Å². The quantitative estimate of drug-likeness (QED) is 0.737. The van der Waals surface area contributed by atoms with Crippen molar-refractivity contribution in [1.82, 2.24) is 10.2 Å². The molecule has 7 heteroatoms. The Bertz CT molecular complexity index is 351. The number of amides is 1. The summed E-state index contributed by atoms with van der Waals surface area (Å²) in [6, 6.07) is -0.246. The third-order valence-electron chi connectivity index (χ3n) is 3.10. The molecular weight excluding hydrogens is 265 g/mol. The molecule has 1 amide bonds. The van der Waals surface area contributed by atoms with Crippen LogP contribution in [0, 0.1) is 0 Å². The van der Waals surface area contributed by atoms with Crippen LogP contribution in [0.25, 0.3) is 0 Å². The summed E-state index contributed by atoms with van der Waals surface area (Å²) in [5.74, 6) is 1.59. The maximum absolute atomic E-state index is 12.4. The summed E-state index contributed by atoms with van der Waals surface area (Å²) in [5.41, 5.74) is -0.516. The molecule has 0 bridgehead atoms. The Morgan fingerprint density at radius 1 is 1.50 bits per heavy atom. The molecule has 2 aliphatic rings. The summed E-state index contributed by atoms with van der Waals surface area (Å²) < 4.78 is 37.3. The second kappa shape index (κ2) is 5.52. The van der Waals surface area contributed by atoms with E-state index in [0.29, 0.717) is 5.75 Å². The third-order valence-corrected chi connectivity index (χ3v) is 4.17. The molecule has 18 heavy (non-hydrogen) atoms. The highest BCUT2D eigenvalue weighted by Crippen LogP contribution is 2.30. The number of carbonyl (C=O) groups is 1. The molecule has 1 saturated heterocycles. The van der Waals surface area contributed by atoms with E-state index in [0.717, 1.165) is 18.4 Å². The van der Waals surface area contributed by atoms with Crippen molar-refractivity contribution >= 4 is 17.7 Å². The Labute approximate surface area is 108 Å². The smallest absolute Gasteiger partial charge is 0.337 e. The normalized spacial score (nSPS) is 25.8. The molecule has 1 unspecified atom stereocenters. The van der Waals surface area contributed by atoms with Gasteiger partial charge in [0.25, 0.3) is 0 Å². The molecule has 0 aromatic carbocycles.